The molecule has 0 spiro atoms. The summed E-state index contributed by atoms with van der Waals surface area (Å²) in [5.74, 6) is 2.28. The predicted molar refractivity (Wildman–Crippen MR) is 89.2 cm³/mol. The van der Waals surface area contributed by atoms with Crippen molar-refractivity contribution >= 4 is 11.6 Å². The van der Waals surface area contributed by atoms with E-state index in [1.807, 2.05) is 12.1 Å². The lowest BCUT2D eigenvalue weighted by molar-refractivity contribution is 0.0361. The van der Waals surface area contributed by atoms with Gasteiger partial charge in [-0.3, -0.25) is 4.90 Å². The van der Waals surface area contributed by atoms with Crippen LogP contribution in [-0.4, -0.2) is 51.3 Å². The Labute approximate surface area is 137 Å². The predicted octanol–water partition coefficient (Wildman–Crippen LogP) is 2.58. The lowest BCUT2D eigenvalue weighted by Gasteiger charge is -2.37. The number of nitrogens with zero attached hydrogens (tertiary/aromatic N) is 1. The van der Waals surface area contributed by atoms with Gasteiger partial charge < -0.3 is 14.8 Å². The third-order valence-corrected chi connectivity index (χ3v) is 4.76. The van der Waals surface area contributed by atoms with Gasteiger partial charge in [0, 0.05) is 24.2 Å². The second-order valence-corrected chi connectivity index (χ2v) is 6.91. The molecule has 0 aliphatic carbocycles. The van der Waals surface area contributed by atoms with Crippen LogP contribution in [0.5, 0.6) is 11.5 Å². The van der Waals surface area contributed by atoms with Crippen molar-refractivity contribution in [2.24, 2.45) is 5.92 Å². The minimum atomic E-state index is 0.253. The van der Waals surface area contributed by atoms with E-state index in [9.17, 15) is 0 Å². The van der Waals surface area contributed by atoms with Gasteiger partial charge in [0.25, 0.3) is 0 Å². The van der Waals surface area contributed by atoms with E-state index in [1.165, 1.54) is 18.4 Å². The Morgan fingerprint density at radius 1 is 1.36 bits per heavy atom. The van der Waals surface area contributed by atoms with E-state index in [0.29, 0.717) is 10.9 Å². The van der Waals surface area contributed by atoms with Crippen molar-refractivity contribution in [2.75, 3.05) is 40.3 Å². The Hall–Kier alpha value is -0.970. The molecule has 2 fully saturated rings. The van der Waals surface area contributed by atoms with Gasteiger partial charge in [-0.2, -0.15) is 0 Å². The summed E-state index contributed by atoms with van der Waals surface area (Å²) in [6.45, 7) is 4.14. The number of benzene rings is 1. The number of likely N-dealkylation sites (tertiary alicyclic amines) is 1. The number of rotatable bonds is 5. The molecule has 4 nitrogen and oxygen atoms in total. The first kappa shape index (κ1) is 15.9. The summed E-state index contributed by atoms with van der Waals surface area (Å²) in [6.07, 6.45) is 3.74. The first-order valence-electron chi connectivity index (χ1n) is 8.08. The van der Waals surface area contributed by atoms with E-state index in [1.54, 1.807) is 7.11 Å². The van der Waals surface area contributed by atoms with Crippen molar-refractivity contribution in [1.29, 1.82) is 0 Å². The Kier molecular flexibility index (Phi) is 5.11. The van der Waals surface area contributed by atoms with Gasteiger partial charge >= 0.3 is 0 Å². The zero-order valence-corrected chi connectivity index (χ0v) is 14.2. The molecular formula is C17H25ClN2O2. The average Bonchev–Trinajstić information content (AvgIpc) is 2.48. The van der Waals surface area contributed by atoms with Gasteiger partial charge in [-0.15, -0.1) is 0 Å². The zero-order valence-electron chi connectivity index (χ0n) is 13.4. The molecule has 1 N–H and O–H groups in total. The topological polar surface area (TPSA) is 33.7 Å². The highest BCUT2D eigenvalue weighted by atomic mass is 35.5. The maximum Gasteiger partial charge on any atom is 0.165 e. The summed E-state index contributed by atoms with van der Waals surface area (Å²) in [6, 6.07) is 3.89. The summed E-state index contributed by atoms with van der Waals surface area (Å²) in [5.41, 5.74) is 1.17. The largest absolute Gasteiger partial charge is 0.493 e. The van der Waals surface area contributed by atoms with Gasteiger partial charge in [-0.1, -0.05) is 11.6 Å². The Bertz CT molecular complexity index is 512. The Morgan fingerprint density at radius 2 is 2.18 bits per heavy atom. The van der Waals surface area contributed by atoms with Crippen LogP contribution in [0.1, 0.15) is 18.4 Å². The SMILES string of the molecule is COc1cc(Cl)cc(CC2CCCNC2)c1OC1CN(C)C1. The molecule has 2 aliphatic heterocycles. The van der Waals surface area contributed by atoms with Gasteiger partial charge in [0.2, 0.25) is 0 Å². The maximum absolute atomic E-state index is 6.27. The summed E-state index contributed by atoms with van der Waals surface area (Å²) < 4.78 is 11.7. The van der Waals surface area contributed by atoms with Crippen LogP contribution in [-0.2, 0) is 6.42 Å². The Morgan fingerprint density at radius 3 is 2.82 bits per heavy atom. The third-order valence-electron chi connectivity index (χ3n) is 4.54. The number of likely N-dealkylation sites (N-methyl/N-ethyl adjacent to an activating group) is 1. The van der Waals surface area contributed by atoms with Crippen molar-refractivity contribution in [2.45, 2.75) is 25.4 Å². The molecule has 1 unspecified atom stereocenters. The van der Waals surface area contributed by atoms with Gasteiger partial charge in [-0.05, 0) is 56.9 Å². The smallest absolute Gasteiger partial charge is 0.165 e. The number of hydrogen-bond acceptors (Lipinski definition) is 4. The number of methoxy groups -OCH3 is 1. The van der Waals surface area contributed by atoms with Crippen LogP contribution < -0.4 is 14.8 Å². The minimum absolute atomic E-state index is 0.253. The van der Waals surface area contributed by atoms with E-state index in [-0.39, 0.29) is 6.10 Å². The normalized spacial score (nSPS) is 23.1. The molecule has 2 aliphatic rings. The average molecular weight is 325 g/mol. The van der Waals surface area contributed by atoms with Crippen LogP contribution in [0, 0.1) is 5.92 Å². The third kappa shape index (κ3) is 3.67. The molecule has 1 atom stereocenters. The van der Waals surface area contributed by atoms with Crippen LogP contribution >= 0.6 is 11.6 Å². The number of ether oxygens (including phenoxy) is 2. The standard InChI is InChI=1S/C17H25ClN2O2/c1-20-10-15(11-20)22-17-13(6-12-4-3-5-19-9-12)7-14(18)8-16(17)21-2/h7-8,12,15,19H,3-6,9-11H2,1-2H3. The second-order valence-electron chi connectivity index (χ2n) is 6.47. The number of halogens is 1. The molecule has 2 saturated heterocycles. The van der Waals surface area contributed by atoms with E-state index in [4.69, 9.17) is 21.1 Å². The quantitative estimate of drug-likeness (QED) is 0.902. The molecule has 122 valence electrons. The summed E-state index contributed by atoms with van der Waals surface area (Å²) >= 11 is 6.27. The summed E-state index contributed by atoms with van der Waals surface area (Å²) in [4.78, 5) is 2.25. The fourth-order valence-electron chi connectivity index (χ4n) is 3.35. The number of piperidine rings is 1. The van der Waals surface area contributed by atoms with Gasteiger partial charge in [0.05, 0.1) is 7.11 Å². The molecule has 5 heteroatoms. The first-order chi connectivity index (χ1) is 10.7. The fraction of sp³-hybridized carbons (Fsp3) is 0.647. The maximum atomic E-state index is 6.27. The molecule has 1 aromatic carbocycles. The second kappa shape index (κ2) is 7.07. The highest BCUT2D eigenvalue weighted by Crippen LogP contribution is 2.38. The summed E-state index contributed by atoms with van der Waals surface area (Å²) in [7, 11) is 3.78. The molecular weight excluding hydrogens is 300 g/mol. The molecule has 0 saturated carbocycles. The minimum Gasteiger partial charge on any atom is -0.493 e. The molecule has 0 bridgehead atoms. The van der Waals surface area contributed by atoms with Crippen LogP contribution in [0.15, 0.2) is 12.1 Å². The molecule has 0 radical (unpaired) electrons. The zero-order chi connectivity index (χ0) is 15.5. The van der Waals surface area contributed by atoms with Gasteiger partial charge in [-0.25, -0.2) is 0 Å². The molecule has 3 rings (SSSR count). The van der Waals surface area contributed by atoms with Crippen molar-refractivity contribution in [3.8, 4) is 11.5 Å². The van der Waals surface area contributed by atoms with Crippen LogP contribution in [0.25, 0.3) is 0 Å². The van der Waals surface area contributed by atoms with E-state index in [0.717, 1.165) is 44.1 Å². The van der Waals surface area contributed by atoms with Crippen molar-refractivity contribution in [3.63, 3.8) is 0 Å². The molecule has 0 amide bonds. The van der Waals surface area contributed by atoms with Gasteiger partial charge in [0.15, 0.2) is 11.5 Å². The van der Waals surface area contributed by atoms with Crippen LogP contribution in [0.3, 0.4) is 0 Å². The van der Waals surface area contributed by atoms with E-state index >= 15 is 0 Å². The molecule has 1 aromatic rings. The van der Waals surface area contributed by atoms with Crippen LogP contribution in [0.2, 0.25) is 5.02 Å². The summed E-state index contributed by atoms with van der Waals surface area (Å²) in [5, 5.41) is 4.19. The fourth-order valence-corrected chi connectivity index (χ4v) is 3.58. The molecule has 2 heterocycles. The number of hydrogen-bond donors (Lipinski definition) is 1. The van der Waals surface area contributed by atoms with Crippen molar-refractivity contribution in [3.05, 3.63) is 22.7 Å². The van der Waals surface area contributed by atoms with Gasteiger partial charge in [0.1, 0.15) is 6.10 Å². The van der Waals surface area contributed by atoms with E-state index in [2.05, 4.69) is 17.3 Å². The van der Waals surface area contributed by atoms with Crippen molar-refractivity contribution in [1.82, 2.24) is 10.2 Å². The Balaban J connectivity index is 1.80. The monoisotopic (exact) mass is 324 g/mol. The number of nitrogens with one attached hydrogen (secondary N) is 1. The van der Waals surface area contributed by atoms with E-state index < -0.39 is 0 Å². The van der Waals surface area contributed by atoms with Crippen molar-refractivity contribution < 1.29 is 9.47 Å². The first-order valence-corrected chi connectivity index (χ1v) is 8.46. The molecule has 0 aromatic heterocycles. The highest BCUT2D eigenvalue weighted by Gasteiger charge is 2.28. The van der Waals surface area contributed by atoms with Crippen LogP contribution in [0.4, 0.5) is 0 Å². The lowest BCUT2D eigenvalue weighted by Crippen LogP contribution is -2.51. The molecule has 22 heavy (non-hydrogen) atoms. The highest BCUT2D eigenvalue weighted by molar-refractivity contribution is 6.30. The lowest BCUT2D eigenvalue weighted by atomic mass is 9.91.